The molecule has 3 N–H and O–H groups in total. The number of carboxylic acid groups (broad SMARTS) is 1. The second kappa shape index (κ2) is 6.22. The molecule has 102 valence electrons. The molecule has 1 aromatic carbocycles. The van der Waals surface area contributed by atoms with E-state index in [-0.39, 0.29) is 11.6 Å². The Hall–Kier alpha value is -2.04. The number of rotatable bonds is 4. The van der Waals surface area contributed by atoms with Gasteiger partial charge in [0.05, 0.1) is 5.56 Å². The van der Waals surface area contributed by atoms with Crippen molar-refractivity contribution in [1.82, 2.24) is 5.32 Å². The number of nitrogens with one attached hydrogen (secondary N) is 2. The number of aromatic carboxylic acids is 1. The lowest BCUT2D eigenvalue weighted by Crippen LogP contribution is -2.32. The Morgan fingerprint density at radius 1 is 1.16 bits per heavy atom. The second-order valence-corrected chi connectivity index (χ2v) is 4.87. The van der Waals surface area contributed by atoms with Crippen molar-refractivity contribution in [3.8, 4) is 0 Å². The Bertz CT molecular complexity index is 450. The molecule has 0 unspecified atom stereocenters. The van der Waals surface area contributed by atoms with E-state index in [0.717, 1.165) is 0 Å². The molecular weight excluding hydrogens is 244 g/mol. The molecule has 0 aromatic heterocycles. The number of amides is 2. The smallest absolute Gasteiger partial charge is 0.335 e. The predicted octanol–water partition coefficient (Wildman–Crippen LogP) is 2.70. The van der Waals surface area contributed by atoms with Crippen LogP contribution in [-0.4, -0.2) is 23.7 Å². The molecule has 0 atom stereocenters. The summed E-state index contributed by atoms with van der Waals surface area (Å²) in [7, 11) is 0. The van der Waals surface area contributed by atoms with Crippen molar-refractivity contribution in [3.05, 3.63) is 29.8 Å². The lowest BCUT2D eigenvalue weighted by molar-refractivity contribution is 0.0697. The van der Waals surface area contributed by atoms with Gasteiger partial charge in [-0.1, -0.05) is 12.8 Å². The summed E-state index contributed by atoms with van der Waals surface area (Å²) < 4.78 is 0. The molecule has 5 heteroatoms. The zero-order valence-electron chi connectivity index (χ0n) is 10.7. The number of carbonyl (C=O) groups is 2. The molecule has 0 radical (unpaired) electrons. The predicted molar refractivity (Wildman–Crippen MR) is 72.4 cm³/mol. The molecule has 2 amide bonds. The van der Waals surface area contributed by atoms with E-state index in [9.17, 15) is 9.59 Å². The fraction of sp³-hybridized carbons (Fsp3) is 0.429. The third-order valence-electron chi connectivity index (χ3n) is 3.42. The van der Waals surface area contributed by atoms with Crippen LogP contribution in [-0.2, 0) is 0 Å². The number of benzene rings is 1. The van der Waals surface area contributed by atoms with Crippen LogP contribution in [0.5, 0.6) is 0 Å². The van der Waals surface area contributed by atoms with Crippen molar-refractivity contribution < 1.29 is 14.7 Å². The average molecular weight is 262 g/mol. The quantitative estimate of drug-likeness (QED) is 0.780. The van der Waals surface area contributed by atoms with Gasteiger partial charge in [0.1, 0.15) is 0 Å². The van der Waals surface area contributed by atoms with Gasteiger partial charge in [-0.2, -0.15) is 0 Å². The molecule has 1 aromatic rings. The van der Waals surface area contributed by atoms with Crippen molar-refractivity contribution >= 4 is 17.7 Å². The first kappa shape index (κ1) is 13.4. The van der Waals surface area contributed by atoms with Crippen LogP contribution in [0, 0.1) is 5.92 Å². The van der Waals surface area contributed by atoms with E-state index in [1.165, 1.54) is 37.8 Å². The van der Waals surface area contributed by atoms with Gasteiger partial charge in [-0.25, -0.2) is 9.59 Å². The highest BCUT2D eigenvalue weighted by atomic mass is 16.4. The van der Waals surface area contributed by atoms with Gasteiger partial charge < -0.3 is 15.7 Å². The molecule has 0 heterocycles. The Kier molecular flexibility index (Phi) is 4.39. The van der Waals surface area contributed by atoms with Crippen LogP contribution in [0.4, 0.5) is 10.5 Å². The SMILES string of the molecule is O=C(NCC1CCCC1)Nc1ccc(C(=O)O)cc1. The molecule has 0 bridgehead atoms. The van der Waals surface area contributed by atoms with E-state index in [1.54, 1.807) is 12.1 Å². The van der Waals surface area contributed by atoms with E-state index in [1.807, 2.05) is 0 Å². The maximum Gasteiger partial charge on any atom is 0.335 e. The van der Waals surface area contributed by atoms with Crippen molar-refractivity contribution in [2.75, 3.05) is 11.9 Å². The summed E-state index contributed by atoms with van der Waals surface area (Å²) in [5.41, 5.74) is 0.797. The molecule has 19 heavy (non-hydrogen) atoms. The van der Waals surface area contributed by atoms with Crippen LogP contribution in [0.3, 0.4) is 0 Å². The van der Waals surface area contributed by atoms with Crippen molar-refractivity contribution in [3.63, 3.8) is 0 Å². The van der Waals surface area contributed by atoms with Crippen LogP contribution in [0.15, 0.2) is 24.3 Å². The normalized spacial score (nSPS) is 15.2. The molecule has 1 saturated carbocycles. The molecule has 0 spiro atoms. The van der Waals surface area contributed by atoms with Gasteiger partial charge in [0.25, 0.3) is 0 Å². The van der Waals surface area contributed by atoms with Crippen molar-refractivity contribution in [1.29, 1.82) is 0 Å². The monoisotopic (exact) mass is 262 g/mol. The maximum absolute atomic E-state index is 11.6. The number of hydrogen-bond acceptors (Lipinski definition) is 2. The summed E-state index contributed by atoms with van der Waals surface area (Å²) in [6.45, 7) is 0.707. The topological polar surface area (TPSA) is 78.4 Å². The number of carboxylic acids is 1. The van der Waals surface area contributed by atoms with Crippen LogP contribution in [0.2, 0.25) is 0 Å². The Morgan fingerprint density at radius 3 is 2.37 bits per heavy atom. The minimum atomic E-state index is -0.975. The Balaban J connectivity index is 1.79. The largest absolute Gasteiger partial charge is 0.478 e. The van der Waals surface area contributed by atoms with E-state index in [0.29, 0.717) is 18.2 Å². The third-order valence-corrected chi connectivity index (χ3v) is 3.42. The summed E-state index contributed by atoms with van der Waals surface area (Å²) in [5.74, 6) is -0.377. The van der Waals surface area contributed by atoms with Crippen LogP contribution in [0.1, 0.15) is 36.0 Å². The highest BCUT2D eigenvalue weighted by Gasteiger charge is 2.15. The van der Waals surface area contributed by atoms with E-state index < -0.39 is 5.97 Å². The summed E-state index contributed by atoms with van der Waals surface area (Å²) >= 11 is 0. The Labute approximate surface area is 112 Å². The highest BCUT2D eigenvalue weighted by molar-refractivity contribution is 5.91. The van der Waals surface area contributed by atoms with E-state index in [2.05, 4.69) is 10.6 Å². The van der Waals surface area contributed by atoms with Gasteiger partial charge >= 0.3 is 12.0 Å². The van der Waals surface area contributed by atoms with Crippen LogP contribution in [0.25, 0.3) is 0 Å². The first-order chi connectivity index (χ1) is 9.15. The summed E-state index contributed by atoms with van der Waals surface area (Å²) in [6, 6.07) is 5.86. The molecule has 1 fully saturated rings. The number of anilines is 1. The zero-order chi connectivity index (χ0) is 13.7. The fourth-order valence-electron chi connectivity index (χ4n) is 2.32. The number of carbonyl (C=O) groups excluding carboxylic acids is 1. The number of urea groups is 1. The lowest BCUT2D eigenvalue weighted by atomic mass is 10.1. The minimum absolute atomic E-state index is 0.205. The molecular formula is C14H18N2O3. The Morgan fingerprint density at radius 2 is 1.79 bits per heavy atom. The number of hydrogen-bond donors (Lipinski definition) is 3. The summed E-state index contributed by atoms with van der Waals surface area (Å²) in [5, 5.41) is 14.3. The molecule has 1 aliphatic rings. The van der Waals surface area contributed by atoms with Crippen molar-refractivity contribution in [2.24, 2.45) is 5.92 Å². The highest BCUT2D eigenvalue weighted by Crippen LogP contribution is 2.23. The van der Waals surface area contributed by atoms with Gasteiger partial charge in [0.15, 0.2) is 0 Å². The van der Waals surface area contributed by atoms with Crippen molar-refractivity contribution in [2.45, 2.75) is 25.7 Å². The van der Waals surface area contributed by atoms with E-state index in [4.69, 9.17) is 5.11 Å². The summed E-state index contributed by atoms with van der Waals surface area (Å²) in [4.78, 5) is 22.3. The lowest BCUT2D eigenvalue weighted by Gasteiger charge is -2.11. The molecule has 2 rings (SSSR count). The second-order valence-electron chi connectivity index (χ2n) is 4.87. The molecule has 0 aliphatic heterocycles. The van der Waals surface area contributed by atoms with Gasteiger partial charge in [-0.3, -0.25) is 0 Å². The van der Waals surface area contributed by atoms with Crippen LogP contribution < -0.4 is 10.6 Å². The van der Waals surface area contributed by atoms with Gasteiger partial charge in [-0.05, 0) is 43.0 Å². The van der Waals surface area contributed by atoms with Gasteiger partial charge in [0.2, 0.25) is 0 Å². The third kappa shape index (κ3) is 3.98. The first-order valence-electron chi connectivity index (χ1n) is 6.53. The average Bonchev–Trinajstić information content (AvgIpc) is 2.90. The first-order valence-corrected chi connectivity index (χ1v) is 6.53. The molecule has 0 saturated heterocycles. The molecule has 1 aliphatic carbocycles. The van der Waals surface area contributed by atoms with Gasteiger partial charge in [-0.15, -0.1) is 0 Å². The van der Waals surface area contributed by atoms with Crippen LogP contribution >= 0.6 is 0 Å². The maximum atomic E-state index is 11.6. The van der Waals surface area contributed by atoms with E-state index >= 15 is 0 Å². The molecule has 5 nitrogen and oxygen atoms in total. The summed E-state index contributed by atoms with van der Waals surface area (Å²) in [6.07, 6.45) is 4.89. The van der Waals surface area contributed by atoms with Gasteiger partial charge in [0, 0.05) is 12.2 Å². The standard InChI is InChI=1S/C14H18N2O3/c17-13(18)11-5-7-12(8-6-11)16-14(19)15-9-10-3-1-2-4-10/h5-8,10H,1-4,9H2,(H,17,18)(H2,15,16,19). The zero-order valence-corrected chi connectivity index (χ0v) is 10.7. The fourth-order valence-corrected chi connectivity index (χ4v) is 2.32. The minimum Gasteiger partial charge on any atom is -0.478 e.